The van der Waals surface area contributed by atoms with Gasteiger partial charge in [0.1, 0.15) is 0 Å². The van der Waals surface area contributed by atoms with Crippen LogP contribution in [0.1, 0.15) is 39.5 Å². The minimum atomic E-state index is -0.645. The summed E-state index contributed by atoms with van der Waals surface area (Å²) in [6, 6.07) is 1.11. The lowest BCUT2D eigenvalue weighted by atomic mass is 9.73. The third-order valence-electron chi connectivity index (χ3n) is 5.60. The van der Waals surface area contributed by atoms with Crippen LogP contribution < -0.4 is 0 Å². The van der Waals surface area contributed by atoms with E-state index >= 15 is 0 Å². The zero-order valence-electron chi connectivity index (χ0n) is 12.8. The van der Waals surface area contributed by atoms with E-state index in [0.717, 1.165) is 24.8 Å². The van der Waals surface area contributed by atoms with Gasteiger partial charge in [-0.15, -0.1) is 0 Å². The third-order valence-corrected chi connectivity index (χ3v) is 5.60. The number of hydrogen-bond acceptors (Lipinski definition) is 3. The highest BCUT2D eigenvalue weighted by atomic mass is 16.4. The van der Waals surface area contributed by atoms with Crippen molar-refractivity contribution in [3.05, 3.63) is 0 Å². The van der Waals surface area contributed by atoms with Crippen LogP contribution in [0.4, 0.5) is 0 Å². The fourth-order valence-electron chi connectivity index (χ4n) is 4.91. The van der Waals surface area contributed by atoms with Crippen LogP contribution in [0.2, 0.25) is 0 Å². The van der Waals surface area contributed by atoms with Gasteiger partial charge in [0.2, 0.25) is 0 Å². The van der Waals surface area contributed by atoms with E-state index in [1.807, 2.05) is 0 Å². The van der Waals surface area contributed by atoms with Crippen LogP contribution in [0.15, 0.2) is 0 Å². The molecule has 4 heterocycles. The quantitative estimate of drug-likeness (QED) is 0.835. The molecular weight excluding hydrogens is 252 g/mol. The largest absolute Gasteiger partial charge is 0.481 e. The van der Waals surface area contributed by atoms with Gasteiger partial charge in [-0.05, 0) is 50.1 Å². The minimum absolute atomic E-state index is 0.320. The lowest BCUT2D eigenvalue weighted by Crippen LogP contribution is -2.57. The summed E-state index contributed by atoms with van der Waals surface area (Å²) < 4.78 is 0. The molecule has 4 aliphatic heterocycles. The van der Waals surface area contributed by atoms with Gasteiger partial charge >= 0.3 is 5.97 Å². The minimum Gasteiger partial charge on any atom is -0.481 e. The van der Waals surface area contributed by atoms with Crippen molar-refractivity contribution in [1.29, 1.82) is 0 Å². The second-order valence-electron chi connectivity index (χ2n) is 7.38. The summed E-state index contributed by atoms with van der Waals surface area (Å²) in [4.78, 5) is 16.2. The summed E-state index contributed by atoms with van der Waals surface area (Å²) in [5.74, 6) is 1.72. The van der Waals surface area contributed by atoms with E-state index in [1.54, 1.807) is 0 Å². The summed E-state index contributed by atoms with van der Waals surface area (Å²) in [7, 11) is 0. The maximum Gasteiger partial charge on any atom is 0.303 e. The van der Waals surface area contributed by atoms with Gasteiger partial charge in [0.05, 0.1) is 0 Å². The first-order valence-electron chi connectivity index (χ1n) is 8.26. The van der Waals surface area contributed by atoms with E-state index in [2.05, 4.69) is 23.6 Å². The highest BCUT2D eigenvalue weighted by Gasteiger charge is 2.51. The molecule has 0 aromatic rings. The zero-order valence-corrected chi connectivity index (χ0v) is 12.8. The molecule has 4 nitrogen and oxygen atoms in total. The second kappa shape index (κ2) is 5.64. The summed E-state index contributed by atoms with van der Waals surface area (Å²) in [5.41, 5.74) is 0. The maximum atomic E-state index is 11.0. The maximum absolute atomic E-state index is 11.0. The van der Waals surface area contributed by atoms with E-state index in [1.165, 1.54) is 32.5 Å². The van der Waals surface area contributed by atoms with Crippen LogP contribution in [0.3, 0.4) is 0 Å². The molecule has 4 fully saturated rings. The van der Waals surface area contributed by atoms with Crippen molar-refractivity contribution in [2.24, 2.45) is 17.8 Å². The van der Waals surface area contributed by atoms with Gasteiger partial charge in [0, 0.05) is 31.6 Å². The van der Waals surface area contributed by atoms with E-state index in [0.29, 0.717) is 24.4 Å². The molecule has 4 saturated heterocycles. The van der Waals surface area contributed by atoms with E-state index in [9.17, 15) is 4.79 Å². The van der Waals surface area contributed by atoms with Crippen LogP contribution in [0.5, 0.6) is 0 Å². The lowest BCUT2D eigenvalue weighted by Gasteiger charge is -2.49. The van der Waals surface area contributed by atoms with Gasteiger partial charge in [0.15, 0.2) is 0 Å². The number of rotatable bonds is 5. The molecule has 0 radical (unpaired) electrons. The standard InChI is InChI=1S/C16H28N2O2/c1-11(2)9-18-10-13-12-5-7-17(8-6-12)16(13)14(18)3-4-15(19)20/h11-14,16H,3-10H2,1-2H3,(H,19,20). The number of carbonyl (C=O) groups is 1. The molecule has 0 aliphatic carbocycles. The second-order valence-corrected chi connectivity index (χ2v) is 7.38. The number of likely N-dealkylation sites (tertiary alicyclic amines) is 1. The van der Waals surface area contributed by atoms with E-state index < -0.39 is 5.97 Å². The fourth-order valence-corrected chi connectivity index (χ4v) is 4.91. The number of piperidine rings is 3. The number of fused-ring (bicyclic) bond motifs is 2. The predicted octanol–water partition coefficient (Wildman–Crippen LogP) is 1.90. The average molecular weight is 280 g/mol. The van der Waals surface area contributed by atoms with Crippen LogP contribution in [0, 0.1) is 17.8 Å². The molecule has 1 N–H and O–H groups in total. The molecule has 114 valence electrons. The van der Waals surface area contributed by atoms with Crippen molar-refractivity contribution in [1.82, 2.24) is 9.80 Å². The molecule has 0 spiro atoms. The van der Waals surface area contributed by atoms with Crippen molar-refractivity contribution < 1.29 is 9.90 Å². The van der Waals surface area contributed by atoms with Gasteiger partial charge in [-0.1, -0.05) is 13.8 Å². The smallest absolute Gasteiger partial charge is 0.303 e. The molecule has 3 atom stereocenters. The van der Waals surface area contributed by atoms with Crippen LogP contribution in [0.25, 0.3) is 0 Å². The number of aliphatic carboxylic acids is 1. The van der Waals surface area contributed by atoms with Gasteiger partial charge in [0.25, 0.3) is 0 Å². The Morgan fingerprint density at radius 3 is 2.60 bits per heavy atom. The first-order valence-corrected chi connectivity index (χ1v) is 8.26. The Balaban J connectivity index is 1.75. The molecule has 0 saturated carbocycles. The zero-order chi connectivity index (χ0) is 14.3. The van der Waals surface area contributed by atoms with E-state index in [-0.39, 0.29) is 0 Å². The Morgan fingerprint density at radius 1 is 1.30 bits per heavy atom. The van der Waals surface area contributed by atoms with Crippen LogP contribution >= 0.6 is 0 Å². The summed E-state index contributed by atoms with van der Waals surface area (Å²) >= 11 is 0. The Kier molecular flexibility index (Phi) is 4.04. The van der Waals surface area contributed by atoms with Gasteiger partial charge in [-0.2, -0.15) is 0 Å². The van der Waals surface area contributed by atoms with Crippen molar-refractivity contribution in [2.45, 2.75) is 51.6 Å². The SMILES string of the molecule is CC(C)CN1CC2C3CCN(CC3)C2C1CCC(=O)O. The molecule has 2 bridgehead atoms. The Hall–Kier alpha value is -0.610. The molecule has 0 aromatic carbocycles. The molecule has 0 aromatic heterocycles. The first-order chi connectivity index (χ1) is 9.56. The predicted molar refractivity (Wildman–Crippen MR) is 78.6 cm³/mol. The molecule has 3 unspecified atom stereocenters. The summed E-state index contributed by atoms with van der Waals surface area (Å²) in [6.45, 7) is 9.35. The van der Waals surface area contributed by atoms with Gasteiger partial charge in [-0.3, -0.25) is 14.6 Å². The Morgan fingerprint density at radius 2 is 2.00 bits per heavy atom. The highest BCUT2D eigenvalue weighted by Crippen LogP contribution is 2.45. The summed E-state index contributed by atoms with van der Waals surface area (Å²) in [6.07, 6.45) is 3.87. The molecule has 20 heavy (non-hydrogen) atoms. The molecule has 4 heteroatoms. The van der Waals surface area contributed by atoms with Crippen molar-refractivity contribution in [3.63, 3.8) is 0 Å². The van der Waals surface area contributed by atoms with Crippen molar-refractivity contribution in [3.8, 4) is 0 Å². The average Bonchev–Trinajstić information content (AvgIpc) is 2.77. The van der Waals surface area contributed by atoms with Gasteiger partial charge < -0.3 is 5.11 Å². The Labute approximate surface area is 122 Å². The third kappa shape index (κ3) is 2.60. The molecule has 4 aliphatic rings. The molecule has 0 amide bonds. The normalized spacial score (nSPS) is 40.2. The van der Waals surface area contributed by atoms with Gasteiger partial charge in [-0.25, -0.2) is 0 Å². The van der Waals surface area contributed by atoms with Crippen LogP contribution in [-0.2, 0) is 4.79 Å². The number of carboxylic acids is 1. The monoisotopic (exact) mass is 280 g/mol. The Bertz CT molecular complexity index is 363. The number of hydrogen-bond donors (Lipinski definition) is 1. The number of carboxylic acid groups (broad SMARTS) is 1. The van der Waals surface area contributed by atoms with Crippen molar-refractivity contribution in [2.75, 3.05) is 26.2 Å². The highest BCUT2D eigenvalue weighted by molar-refractivity contribution is 5.66. The molecule has 4 rings (SSSR count). The lowest BCUT2D eigenvalue weighted by molar-refractivity contribution is -0.137. The van der Waals surface area contributed by atoms with Crippen LogP contribution in [-0.4, -0.2) is 59.1 Å². The summed E-state index contributed by atoms with van der Waals surface area (Å²) in [5, 5.41) is 9.04. The first kappa shape index (κ1) is 14.3. The topological polar surface area (TPSA) is 43.8 Å². The number of nitrogens with zero attached hydrogens (tertiary/aromatic N) is 2. The van der Waals surface area contributed by atoms with Crippen molar-refractivity contribution >= 4 is 5.97 Å². The molecular formula is C16H28N2O2. The fraction of sp³-hybridized carbons (Fsp3) is 0.938. The van der Waals surface area contributed by atoms with E-state index in [4.69, 9.17) is 5.11 Å².